The van der Waals surface area contributed by atoms with E-state index in [4.69, 9.17) is 0 Å². The van der Waals surface area contributed by atoms with Crippen molar-refractivity contribution in [3.63, 3.8) is 0 Å². The number of hydrogen-bond donors (Lipinski definition) is 1. The van der Waals surface area contributed by atoms with E-state index < -0.39 is 0 Å². The van der Waals surface area contributed by atoms with Crippen LogP contribution in [0.2, 0.25) is 0 Å². The summed E-state index contributed by atoms with van der Waals surface area (Å²) in [5.74, 6) is 0. The van der Waals surface area contributed by atoms with Gasteiger partial charge in [0, 0.05) is 32.4 Å². The summed E-state index contributed by atoms with van der Waals surface area (Å²) in [7, 11) is 0. The Balaban J connectivity index is 0.000000810. The first-order chi connectivity index (χ1) is 7.86. The van der Waals surface area contributed by atoms with Gasteiger partial charge in [0.05, 0.1) is 17.9 Å². The van der Waals surface area contributed by atoms with Crippen molar-refractivity contribution in [2.45, 2.75) is 6.04 Å². The number of pyridine rings is 1. The number of hydrogen-bond acceptors (Lipinski definition) is 3. The zero-order valence-corrected chi connectivity index (χ0v) is 11.4. The van der Waals surface area contributed by atoms with Crippen LogP contribution in [0.4, 0.5) is 10.5 Å². The molecule has 1 atom stereocenters. The van der Waals surface area contributed by atoms with Crippen LogP contribution >= 0.6 is 24.8 Å². The predicted molar refractivity (Wildman–Crippen MR) is 74.8 cm³/mol. The van der Waals surface area contributed by atoms with Gasteiger partial charge in [0.1, 0.15) is 0 Å². The molecule has 0 aliphatic carbocycles. The fraction of sp³-hybridized carbons (Fsp3) is 0.455. The Hall–Kier alpha value is -1.04. The van der Waals surface area contributed by atoms with Crippen LogP contribution in [0.3, 0.4) is 0 Å². The van der Waals surface area contributed by atoms with E-state index in [0.717, 1.165) is 31.9 Å². The van der Waals surface area contributed by atoms with Crippen molar-refractivity contribution in [1.82, 2.24) is 15.2 Å². The SMILES string of the molecule is Cl.Cl.O=C1N(c2cccnc2)CC2CNCCN12. The van der Waals surface area contributed by atoms with E-state index in [9.17, 15) is 4.79 Å². The number of carbonyl (C=O) groups is 1. The summed E-state index contributed by atoms with van der Waals surface area (Å²) >= 11 is 0. The molecule has 3 rings (SSSR count). The van der Waals surface area contributed by atoms with Crippen LogP contribution in [0.25, 0.3) is 0 Å². The highest BCUT2D eigenvalue weighted by Crippen LogP contribution is 2.23. The highest BCUT2D eigenvalue weighted by atomic mass is 35.5. The molecule has 2 aliphatic rings. The Bertz CT molecular complexity index is 403. The number of piperazine rings is 1. The molecule has 0 bridgehead atoms. The fourth-order valence-corrected chi connectivity index (χ4v) is 2.35. The maximum Gasteiger partial charge on any atom is 0.325 e. The molecule has 2 saturated heterocycles. The lowest BCUT2D eigenvalue weighted by Crippen LogP contribution is -2.49. The van der Waals surface area contributed by atoms with Crippen LogP contribution in [0.5, 0.6) is 0 Å². The van der Waals surface area contributed by atoms with Crippen molar-refractivity contribution in [1.29, 1.82) is 0 Å². The zero-order valence-electron chi connectivity index (χ0n) is 9.78. The largest absolute Gasteiger partial charge is 0.325 e. The average molecular weight is 291 g/mol. The molecular formula is C11H16Cl2N4O. The van der Waals surface area contributed by atoms with E-state index in [-0.39, 0.29) is 30.8 Å². The maximum absolute atomic E-state index is 12.1. The first-order valence-corrected chi connectivity index (χ1v) is 5.55. The molecular weight excluding hydrogens is 275 g/mol. The van der Waals surface area contributed by atoms with Gasteiger partial charge in [-0.1, -0.05) is 0 Å². The monoisotopic (exact) mass is 290 g/mol. The molecule has 3 heterocycles. The minimum absolute atomic E-state index is 0. The van der Waals surface area contributed by atoms with Gasteiger partial charge in [0.2, 0.25) is 0 Å². The molecule has 1 aromatic heterocycles. The zero-order chi connectivity index (χ0) is 11.0. The fourth-order valence-electron chi connectivity index (χ4n) is 2.35. The average Bonchev–Trinajstić information content (AvgIpc) is 2.69. The van der Waals surface area contributed by atoms with E-state index in [2.05, 4.69) is 10.3 Å². The van der Waals surface area contributed by atoms with Crippen molar-refractivity contribution in [3.8, 4) is 0 Å². The van der Waals surface area contributed by atoms with Crippen LogP contribution < -0.4 is 10.2 Å². The molecule has 100 valence electrons. The van der Waals surface area contributed by atoms with Crippen molar-refractivity contribution in [2.75, 3.05) is 31.1 Å². The lowest BCUT2D eigenvalue weighted by molar-refractivity contribution is 0.193. The number of nitrogens with one attached hydrogen (secondary N) is 1. The summed E-state index contributed by atoms with van der Waals surface area (Å²) in [6.07, 6.45) is 3.46. The number of anilines is 1. The highest BCUT2D eigenvalue weighted by molar-refractivity contribution is 5.94. The summed E-state index contributed by atoms with van der Waals surface area (Å²) in [5.41, 5.74) is 0.891. The van der Waals surface area contributed by atoms with Gasteiger partial charge >= 0.3 is 6.03 Å². The Morgan fingerprint density at radius 1 is 1.39 bits per heavy atom. The molecule has 2 aliphatic heterocycles. The summed E-state index contributed by atoms with van der Waals surface area (Å²) in [5, 5.41) is 3.31. The van der Waals surface area contributed by atoms with Gasteiger partial charge in [0.25, 0.3) is 0 Å². The molecule has 1 aromatic rings. The topological polar surface area (TPSA) is 48.5 Å². The third kappa shape index (κ3) is 2.53. The van der Waals surface area contributed by atoms with E-state index >= 15 is 0 Å². The van der Waals surface area contributed by atoms with E-state index in [1.165, 1.54) is 0 Å². The van der Waals surface area contributed by atoms with Crippen molar-refractivity contribution in [3.05, 3.63) is 24.5 Å². The van der Waals surface area contributed by atoms with Crippen molar-refractivity contribution >= 4 is 36.5 Å². The Kier molecular flexibility index (Phi) is 5.19. The molecule has 1 unspecified atom stereocenters. The quantitative estimate of drug-likeness (QED) is 0.844. The number of amides is 2. The van der Waals surface area contributed by atoms with Gasteiger partial charge in [0.15, 0.2) is 0 Å². The number of carbonyl (C=O) groups excluding carboxylic acids is 1. The lowest BCUT2D eigenvalue weighted by atomic mass is 10.2. The second-order valence-electron chi connectivity index (χ2n) is 4.16. The number of aromatic nitrogens is 1. The molecule has 0 spiro atoms. The molecule has 0 saturated carbocycles. The summed E-state index contributed by atoms with van der Waals surface area (Å²) in [6.45, 7) is 3.35. The molecule has 1 N–H and O–H groups in total. The molecule has 7 heteroatoms. The van der Waals surface area contributed by atoms with Gasteiger partial charge in [-0.25, -0.2) is 4.79 Å². The Labute approximate surface area is 118 Å². The van der Waals surface area contributed by atoms with Gasteiger partial charge in [-0.2, -0.15) is 0 Å². The summed E-state index contributed by atoms with van der Waals surface area (Å²) in [6, 6.07) is 4.20. The van der Waals surface area contributed by atoms with Crippen LogP contribution in [0.15, 0.2) is 24.5 Å². The first-order valence-electron chi connectivity index (χ1n) is 5.55. The van der Waals surface area contributed by atoms with E-state index in [0.29, 0.717) is 6.04 Å². The van der Waals surface area contributed by atoms with Crippen LogP contribution in [0.1, 0.15) is 0 Å². The minimum atomic E-state index is 0. The Morgan fingerprint density at radius 3 is 2.89 bits per heavy atom. The summed E-state index contributed by atoms with van der Waals surface area (Å²) < 4.78 is 0. The van der Waals surface area contributed by atoms with Crippen LogP contribution in [0, 0.1) is 0 Å². The van der Waals surface area contributed by atoms with Gasteiger partial charge in [-0.15, -0.1) is 24.8 Å². The second-order valence-corrected chi connectivity index (χ2v) is 4.16. The van der Waals surface area contributed by atoms with Gasteiger partial charge < -0.3 is 10.2 Å². The van der Waals surface area contributed by atoms with Crippen LogP contribution in [-0.4, -0.2) is 48.1 Å². The highest BCUT2D eigenvalue weighted by Gasteiger charge is 2.38. The second kappa shape index (κ2) is 6.22. The van der Waals surface area contributed by atoms with E-state index in [1.54, 1.807) is 12.4 Å². The molecule has 2 fully saturated rings. The van der Waals surface area contributed by atoms with Crippen LogP contribution in [-0.2, 0) is 0 Å². The normalized spacial score (nSPS) is 22.0. The minimum Gasteiger partial charge on any atom is -0.317 e. The number of urea groups is 1. The van der Waals surface area contributed by atoms with Crippen molar-refractivity contribution < 1.29 is 4.79 Å². The molecule has 2 amide bonds. The van der Waals surface area contributed by atoms with Crippen molar-refractivity contribution in [2.24, 2.45) is 0 Å². The molecule has 0 radical (unpaired) electrons. The van der Waals surface area contributed by atoms with E-state index in [1.807, 2.05) is 21.9 Å². The number of fused-ring (bicyclic) bond motifs is 1. The summed E-state index contributed by atoms with van der Waals surface area (Å²) in [4.78, 5) is 19.9. The first kappa shape index (κ1) is 15.0. The number of rotatable bonds is 1. The molecule has 18 heavy (non-hydrogen) atoms. The number of nitrogens with zero attached hydrogens (tertiary/aromatic N) is 3. The standard InChI is InChI=1S/C11H14N4O.2ClH/c16-11-14-5-4-13-7-10(14)8-15(11)9-2-1-3-12-6-9;;/h1-3,6,10,13H,4-5,7-8H2;2*1H. The molecule has 0 aromatic carbocycles. The number of halogens is 2. The third-order valence-corrected chi connectivity index (χ3v) is 3.18. The maximum atomic E-state index is 12.1. The smallest absolute Gasteiger partial charge is 0.317 e. The third-order valence-electron chi connectivity index (χ3n) is 3.18. The van der Waals surface area contributed by atoms with Gasteiger partial charge in [-0.3, -0.25) is 9.88 Å². The lowest BCUT2D eigenvalue weighted by Gasteiger charge is -2.28. The Morgan fingerprint density at radius 2 is 2.22 bits per heavy atom. The van der Waals surface area contributed by atoms with Gasteiger partial charge in [-0.05, 0) is 12.1 Å². The molecule has 5 nitrogen and oxygen atoms in total. The predicted octanol–water partition coefficient (Wildman–Crippen LogP) is 1.14.